The zero-order chi connectivity index (χ0) is 17.6. The van der Waals surface area contributed by atoms with Crippen molar-refractivity contribution >= 4 is 16.0 Å². The number of nitrogens with zero attached hydrogens (tertiary/aromatic N) is 1. The van der Waals surface area contributed by atoms with Crippen LogP contribution in [0.4, 0.5) is 0 Å². The average molecular weight is 338 g/mol. The van der Waals surface area contributed by atoms with Crippen LogP contribution in [0.5, 0.6) is 0 Å². The normalized spacial score (nSPS) is 15.6. The minimum absolute atomic E-state index is 0.0147. The highest BCUT2D eigenvalue weighted by molar-refractivity contribution is 7.88. The van der Waals surface area contributed by atoms with E-state index in [1.807, 2.05) is 27.7 Å². The maximum absolute atomic E-state index is 11.5. The van der Waals surface area contributed by atoms with E-state index >= 15 is 0 Å². The van der Waals surface area contributed by atoms with Crippen molar-refractivity contribution < 1.29 is 22.7 Å². The van der Waals surface area contributed by atoms with Gasteiger partial charge in [0, 0.05) is 13.6 Å². The summed E-state index contributed by atoms with van der Waals surface area (Å²) in [7, 11) is -0.195. The summed E-state index contributed by atoms with van der Waals surface area (Å²) >= 11 is 0. The molecule has 0 aromatic heterocycles. The quantitative estimate of drug-likeness (QED) is 0.615. The molecule has 0 rings (SSSR count). The van der Waals surface area contributed by atoms with Crippen LogP contribution < -0.4 is 5.32 Å². The molecule has 8 heteroatoms. The average Bonchev–Trinajstić information content (AvgIpc) is 2.33. The van der Waals surface area contributed by atoms with E-state index in [1.165, 1.54) is 11.4 Å². The summed E-state index contributed by atoms with van der Waals surface area (Å²) in [5.41, 5.74) is -0.100. The van der Waals surface area contributed by atoms with Crippen molar-refractivity contribution in [3.05, 3.63) is 0 Å². The zero-order valence-electron chi connectivity index (χ0n) is 14.7. The number of sulfonamides is 1. The molecule has 7 nitrogen and oxygen atoms in total. The van der Waals surface area contributed by atoms with E-state index in [0.29, 0.717) is 0 Å². The van der Waals surface area contributed by atoms with Gasteiger partial charge in [-0.15, -0.1) is 0 Å². The van der Waals surface area contributed by atoms with E-state index in [0.717, 1.165) is 6.26 Å². The fourth-order valence-electron chi connectivity index (χ4n) is 1.43. The molecule has 0 fully saturated rings. The first-order valence-corrected chi connectivity index (χ1v) is 9.09. The number of esters is 1. The van der Waals surface area contributed by atoms with Crippen LogP contribution in [-0.4, -0.2) is 70.9 Å². The Hall–Kier alpha value is -0.700. The second-order valence-corrected chi connectivity index (χ2v) is 8.61. The Bertz CT molecular complexity index is 445. The monoisotopic (exact) mass is 338 g/mol. The Balaban J connectivity index is 4.80. The van der Waals surface area contributed by atoms with Gasteiger partial charge in [-0.3, -0.25) is 4.79 Å². The highest BCUT2D eigenvalue weighted by Gasteiger charge is 2.27. The van der Waals surface area contributed by atoms with Crippen LogP contribution in [0.15, 0.2) is 0 Å². The molecule has 0 unspecified atom stereocenters. The van der Waals surface area contributed by atoms with Gasteiger partial charge in [-0.25, -0.2) is 12.7 Å². The molecule has 0 aliphatic rings. The smallest absolute Gasteiger partial charge is 0.320 e. The number of hydrogen-bond donors (Lipinski definition) is 1. The zero-order valence-corrected chi connectivity index (χ0v) is 15.5. The van der Waals surface area contributed by atoms with Crippen molar-refractivity contribution in [2.75, 3.05) is 40.0 Å². The van der Waals surface area contributed by atoms with Crippen LogP contribution in [0.2, 0.25) is 0 Å². The van der Waals surface area contributed by atoms with Crippen molar-refractivity contribution in [1.82, 2.24) is 9.62 Å². The molecule has 0 bridgehead atoms. The lowest BCUT2D eigenvalue weighted by Gasteiger charge is -2.32. The molecular formula is C14H30N2O5S. The van der Waals surface area contributed by atoms with E-state index in [9.17, 15) is 13.2 Å². The molecule has 0 amide bonds. The summed E-state index contributed by atoms with van der Waals surface area (Å²) in [5.74, 6) is -0.401. The number of carbonyl (C=O) groups is 1. The van der Waals surface area contributed by atoms with Gasteiger partial charge in [0.05, 0.1) is 18.9 Å². The topological polar surface area (TPSA) is 84.9 Å². The van der Waals surface area contributed by atoms with Crippen LogP contribution in [0, 0.1) is 5.41 Å². The Morgan fingerprint density at radius 2 is 1.86 bits per heavy atom. The summed E-state index contributed by atoms with van der Waals surface area (Å²) in [6, 6.07) is 0. The largest absolute Gasteiger partial charge is 0.462 e. The van der Waals surface area contributed by atoms with Crippen LogP contribution in [0.25, 0.3) is 0 Å². The number of rotatable bonds is 9. The lowest BCUT2D eigenvalue weighted by molar-refractivity contribution is -0.150. The fraction of sp³-hybridized carbons (Fsp3) is 0.929. The van der Waals surface area contributed by atoms with Crippen molar-refractivity contribution in [3.63, 3.8) is 0 Å². The van der Waals surface area contributed by atoms with E-state index in [4.69, 9.17) is 9.47 Å². The van der Waals surface area contributed by atoms with Gasteiger partial charge in [0.2, 0.25) is 10.0 Å². The summed E-state index contributed by atoms with van der Waals surface area (Å²) < 4.78 is 35.3. The maximum atomic E-state index is 11.5. The molecule has 132 valence electrons. The molecule has 0 radical (unpaired) electrons. The molecular weight excluding hydrogens is 308 g/mol. The number of nitrogens with one attached hydrogen (secondary N) is 1. The first-order valence-electron chi connectivity index (χ1n) is 7.25. The van der Waals surface area contributed by atoms with Gasteiger partial charge in [-0.1, -0.05) is 20.8 Å². The molecule has 0 spiro atoms. The molecule has 0 aromatic carbocycles. The Morgan fingerprint density at radius 3 is 2.27 bits per heavy atom. The van der Waals surface area contributed by atoms with Crippen molar-refractivity contribution in [2.24, 2.45) is 5.41 Å². The van der Waals surface area contributed by atoms with E-state index in [-0.39, 0.29) is 31.2 Å². The summed E-state index contributed by atoms with van der Waals surface area (Å²) in [5, 5.41) is 2.70. The second-order valence-electron chi connectivity index (χ2n) is 6.52. The van der Waals surface area contributed by atoms with Gasteiger partial charge < -0.3 is 14.8 Å². The molecule has 0 saturated heterocycles. The lowest BCUT2D eigenvalue weighted by Crippen LogP contribution is -2.42. The van der Waals surface area contributed by atoms with Crippen LogP contribution in [0.1, 0.15) is 27.7 Å². The third kappa shape index (κ3) is 8.67. The van der Waals surface area contributed by atoms with Gasteiger partial charge in [-0.2, -0.15) is 0 Å². The lowest BCUT2D eigenvalue weighted by atomic mass is 9.90. The minimum Gasteiger partial charge on any atom is -0.462 e. The van der Waals surface area contributed by atoms with Crippen LogP contribution in [0.3, 0.4) is 0 Å². The second kappa shape index (κ2) is 8.81. The first-order chi connectivity index (χ1) is 9.87. The number of likely N-dealkylation sites (N-methyl/N-ethyl adjacent to an activating group) is 2. The highest BCUT2D eigenvalue weighted by atomic mass is 32.2. The van der Waals surface area contributed by atoms with Crippen LogP contribution >= 0.6 is 0 Å². The number of carbonyl (C=O) groups excluding carboxylic acids is 1. The standard InChI is InChI=1S/C14H30N2O5S/c1-11(14(2,3)4)21-12(9-16(6)22(7,18)19)10-20-13(17)8-15-5/h11-12,15H,8-10H2,1-7H3/t11-,12-/m0/s1. The highest BCUT2D eigenvalue weighted by Crippen LogP contribution is 2.23. The Morgan fingerprint density at radius 1 is 1.32 bits per heavy atom. The van der Waals surface area contributed by atoms with Gasteiger partial charge >= 0.3 is 5.97 Å². The van der Waals surface area contributed by atoms with Gasteiger partial charge in [0.25, 0.3) is 0 Å². The first kappa shape index (κ1) is 21.3. The summed E-state index contributed by atoms with van der Waals surface area (Å²) in [6.07, 6.45) is 0.493. The van der Waals surface area contributed by atoms with Gasteiger partial charge in [-0.05, 0) is 19.4 Å². The number of ether oxygens (including phenoxy) is 2. The molecule has 22 heavy (non-hydrogen) atoms. The Kier molecular flexibility index (Phi) is 8.53. The molecule has 0 aliphatic heterocycles. The third-order valence-corrected chi connectivity index (χ3v) is 4.68. The summed E-state index contributed by atoms with van der Waals surface area (Å²) in [4.78, 5) is 11.4. The molecule has 1 N–H and O–H groups in total. The van der Waals surface area contributed by atoms with Crippen molar-refractivity contribution in [3.8, 4) is 0 Å². The van der Waals surface area contributed by atoms with Gasteiger partial charge in [0.15, 0.2) is 0 Å². The third-order valence-electron chi connectivity index (χ3n) is 3.39. The van der Waals surface area contributed by atoms with Gasteiger partial charge in [0.1, 0.15) is 12.7 Å². The minimum atomic E-state index is -3.32. The molecule has 0 aliphatic carbocycles. The SMILES string of the molecule is CNCC(=O)OC[C@H](CN(C)S(C)(=O)=O)O[C@@H](C)C(C)(C)C. The van der Waals surface area contributed by atoms with Crippen molar-refractivity contribution in [1.29, 1.82) is 0 Å². The maximum Gasteiger partial charge on any atom is 0.320 e. The van der Waals surface area contributed by atoms with E-state index in [2.05, 4.69) is 5.32 Å². The van der Waals surface area contributed by atoms with Crippen molar-refractivity contribution in [2.45, 2.75) is 39.9 Å². The predicted molar refractivity (Wildman–Crippen MR) is 86.1 cm³/mol. The molecule has 0 heterocycles. The van der Waals surface area contributed by atoms with E-state index < -0.39 is 22.1 Å². The van der Waals surface area contributed by atoms with Crippen LogP contribution in [-0.2, 0) is 24.3 Å². The fourth-order valence-corrected chi connectivity index (χ4v) is 1.87. The number of hydrogen-bond acceptors (Lipinski definition) is 6. The van der Waals surface area contributed by atoms with E-state index in [1.54, 1.807) is 7.05 Å². The predicted octanol–water partition coefficient (Wildman–Crippen LogP) is 0.460. The molecule has 0 saturated carbocycles. The molecule has 2 atom stereocenters. The molecule has 0 aromatic rings. The Labute approximate surface area is 134 Å². The summed E-state index contributed by atoms with van der Waals surface area (Å²) in [6.45, 7) is 8.26.